The molecular weight excluding hydrogens is 228 g/mol. The zero-order valence-corrected chi connectivity index (χ0v) is 9.54. The smallest absolute Gasteiger partial charge is 0.339 e. The standard InChI is InChI=1S/C11H11ClN2O2/c1-2-16-11(15)8-3-7(5-13)4-10(12)9(8)6-14/h3-4H,2,5,13H2,1H3. The topological polar surface area (TPSA) is 76.1 Å². The number of carbonyl (C=O) groups excluding carboxylic acids is 1. The van der Waals surface area contributed by atoms with E-state index in [9.17, 15) is 4.79 Å². The zero-order chi connectivity index (χ0) is 12.1. The van der Waals surface area contributed by atoms with E-state index in [0.717, 1.165) is 0 Å². The lowest BCUT2D eigenvalue weighted by atomic mass is 10.0. The fourth-order valence-electron chi connectivity index (χ4n) is 1.26. The normalized spacial score (nSPS) is 9.62. The molecule has 0 unspecified atom stereocenters. The minimum atomic E-state index is -0.559. The third kappa shape index (κ3) is 2.51. The van der Waals surface area contributed by atoms with Gasteiger partial charge in [-0.3, -0.25) is 0 Å². The molecule has 1 aromatic carbocycles. The second kappa shape index (κ2) is 5.50. The predicted octanol–water partition coefficient (Wildman–Crippen LogP) is 1.85. The lowest BCUT2D eigenvalue weighted by molar-refractivity contribution is 0.0526. The summed E-state index contributed by atoms with van der Waals surface area (Å²) in [7, 11) is 0. The molecule has 0 aliphatic heterocycles. The van der Waals surface area contributed by atoms with Gasteiger partial charge in [0.05, 0.1) is 22.8 Å². The quantitative estimate of drug-likeness (QED) is 0.816. The molecule has 0 atom stereocenters. The van der Waals surface area contributed by atoms with Crippen LogP contribution in [0.4, 0.5) is 0 Å². The van der Waals surface area contributed by atoms with Gasteiger partial charge in [-0.2, -0.15) is 5.26 Å². The summed E-state index contributed by atoms with van der Waals surface area (Å²) in [5, 5.41) is 9.12. The number of ether oxygens (including phenoxy) is 1. The monoisotopic (exact) mass is 238 g/mol. The summed E-state index contributed by atoms with van der Waals surface area (Å²) in [6.45, 7) is 2.18. The Hall–Kier alpha value is -1.57. The highest BCUT2D eigenvalue weighted by atomic mass is 35.5. The molecule has 16 heavy (non-hydrogen) atoms. The first kappa shape index (κ1) is 12.5. The van der Waals surface area contributed by atoms with Gasteiger partial charge in [-0.15, -0.1) is 0 Å². The molecule has 5 heteroatoms. The van der Waals surface area contributed by atoms with Crippen LogP contribution in [0.5, 0.6) is 0 Å². The summed E-state index contributed by atoms with van der Waals surface area (Å²) in [5.74, 6) is -0.559. The number of hydrogen-bond acceptors (Lipinski definition) is 4. The van der Waals surface area contributed by atoms with Crippen LogP contribution in [0.2, 0.25) is 5.02 Å². The average Bonchev–Trinajstić information content (AvgIpc) is 2.28. The first-order valence-corrected chi connectivity index (χ1v) is 5.11. The van der Waals surface area contributed by atoms with Crippen molar-refractivity contribution < 1.29 is 9.53 Å². The lowest BCUT2D eigenvalue weighted by Gasteiger charge is -2.07. The van der Waals surface area contributed by atoms with Gasteiger partial charge in [0.15, 0.2) is 0 Å². The largest absolute Gasteiger partial charge is 0.462 e. The van der Waals surface area contributed by atoms with Crippen LogP contribution in [0.1, 0.15) is 28.4 Å². The van der Waals surface area contributed by atoms with Crippen molar-refractivity contribution in [1.82, 2.24) is 0 Å². The van der Waals surface area contributed by atoms with E-state index >= 15 is 0 Å². The van der Waals surface area contributed by atoms with Crippen LogP contribution in [0.25, 0.3) is 0 Å². The van der Waals surface area contributed by atoms with E-state index in [1.165, 1.54) is 6.07 Å². The molecule has 0 bridgehead atoms. The summed E-state index contributed by atoms with van der Waals surface area (Å²) in [4.78, 5) is 11.6. The highest BCUT2D eigenvalue weighted by Crippen LogP contribution is 2.22. The van der Waals surface area contributed by atoms with E-state index in [2.05, 4.69) is 0 Å². The van der Waals surface area contributed by atoms with E-state index in [0.29, 0.717) is 5.56 Å². The second-order valence-electron chi connectivity index (χ2n) is 3.04. The lowest BCUT2D eigenvalue weighted by Crippen LogP contribution is -2.09. The minimum Gasteiger partial charge on any atom is -0.462 e. The molecule has 1 aromatic rings. The SMILES string of the molecule is CCOC(=O)c1cc(CN)cc(Cl)c1C#N. The Morgan fingerprint density at radius 2 is 2.31 bits per heavy atom. The maximum absolute atomic E-state index is 11.6. The van der Waals surface area contributed by atoms with Gasteiger partial charge in [0.2, 0.25) is 0 Å². The first-order chi connectivity index (χ1) is 7.63. The van der Waals surface area contributed by atoms with Gasteiger partial charge in [-0.25, -0.2) is 4.79 Å². The Kier molecular flexibility index (Phi) is 4.29. The minimum absolute atomic E-state index is 0.123. The fraction of sp³-hybridized carbons (Fsp3) is 0.273. The Balaban J connectivity index is 3.29. The van der Waals surface area contributed by atoms with Gasteiger partial charge in [-0.1, -0.05) is 11.6 Å². The number of rotatable bonds is 3. The predicted molar refractivity (Wildman–Crippen MR) is 60.0 cm³/mol. The van der Waals surface area contributed by atoms with Gasteiger partial charge >= 0.3 is 5.97 Å². The molecule has 0 saturated heterocycles. The first-order valence-electron chi connectivity index (χ1n) is 4.73. The molecule has 0 saturated carbocycles. The maximum atomic E-state index is 11.6. The van der Waals surface area contributed by atoms with Crippen LogP contribution in [0, 0.1) is 11.3 Å². The van der Waals surface area contributed by atoms with Gasteiger partial charge in [0.25, 0.3) is 0 Å². The number of nitrogens with zero attached hydrogens (tertiary/aromatic N) is 1. The van der Waals surface area contributed by atoms with Gasteiger partial charge < -0.3 is 10.5 Å². The van der Waals surface area contributed by atoms with E-state index in [4.69, 9.17) is 27.3 Å². The number of hydrogen-bond donors (Lipinski definition) is 1. The molecular formula is C11H11ClN2O2. The summed E-state index contributed by atoms with van der Waals surface area (Å²) in [6, 6.07) is 4.98. The molecule has 4 nitrogen and oxygen atoms in total. The number of esters is 1. The van der Waals surface area contributed by atoms with Gasteiger partial charge in [-0.05, 0) is 24.6 Å². The maximum Gasteiger partial charge on any atom is 0.339 e. The summed E-state index contributed by atoms with van der Waals surface area (Å²) in [5.41, 5.74) is 6.43. The molecule has 0 amide bonds. The molecule has 0 aliphatic carbocycles. The number of nitriles is 1. The van der Waals surface area contributed by atoms with Crippen LogP contribution >= 0.6 is 11.6 Å². The van der Waals surface area contributed by atoms with Crippen molar-refractivity contribution in [3.63, 3.8) is 0 Å². The van der Waals surface area contributed by atoms with Crippen molar-refractivity contribution in [1.29, 1.82) is 5.26 Å². The van der Waals surface area contributed by atoms with Crippen LogP contribution in [-0.4, -0.2) is 12.6 Å². The summed E-state index contributed by atoms with van der Waals surface area (Å²) in [6.07, 6.45) is 0. The van der Waals surface area contributed by atoms with Crippen molar-refractivity contribution in [3.8, 4) is 6.07 Å². The molecule has 2 N–H and O–H groups in total. The Bertz CT molecular complexity index is 452. The zero-order valence-electron chi connectivity index (χ0n) is 8.79. The third-order valence-corrected chi connectivity index (χ3v) is 2.29. The van der Waals surface area contributed by atoms with E-state index in [1.807, 2.05) is 6.07 Å². The van der Waals surface area contributed by atoms with Gasteiger partial charge in [0.1, 0.15) is 6.07 Å². The molecule has 0 heterocycles. The van der Waals surface area contributed by atoms with Crippen LogP contribution in [0.15, 0.2) is 12.1 Å². The second-order valence-corrected chi connectivity index (χ2v) is 3.44. The number of benzene rings is 1. The molecule has 1 rings (SSSR count). The third-order valence-electron chi connectivity index (χ3n) is 1.99. The molecule has 0 fully saturated rings. The van der Waals surface area contributed by atoms with Crippen molar-refractivity contribution >= 4 is 17.6 Å². The molecule has 0 spiro atoms. The molecule has 0 radical (unpaired) electrons. The van der Waals surface area contributed by atoms with Crippen molar-refractivity contribution in [2.24, 2.45) is 5.73 Å². The molecule has 0 aliphatic rings. The number of halogens is 1. The van der Waals surface area contributed by atoms with E-state index in [-0.39, 0.29) is 29.3 Å². The highest BCUT2D eigenvalue weighted by Gasteiger charge is 2.16. The fourth-order valence-corrected chi connectivity index (χ4v) is 1.55. The van der Waals surface area contributed by atoms with Crippen molar-refractivity contribution in [2.75, 3.05) is 6.61 Å². The Morgan fingerprint density at radius 3 is 2.81 bits per heavy atom. The van der Waals surface area contributed by atoms with E-state index in [1.54, 1.807) is 13.0 Å². The summed E-state index contributed by atoms with van der Waals surface area (Å²) < 4.78 is 4.84. The average molecular weight is 239 g/mol. The molecule has 84 valence electrons. The number of nitrogens with two attached hydrogens (primary N) is 1. The molecule has 0 aromatic heterocycles. The Labute approximate surface area is 98.6 Å². The van der Waals surface area contributed by atoms with Crippen molar-refractivity contribution in [3.05, 3.63) is 33.8 Å². The van der Waals surface area contributed by atoms with Crippen molar-refractivity contribution in [2.45, 2.75) is 13.5 Å². The van der Waals surface area contributed by atoms with Crippen LogP contribution in [-0.2, 0) is 11.3 Å². The summed E-state index contributed by atoms with van der Waals surface area (Å²) >= 11 is 5.87. The number of carbonyl (C=O) groups is 1. The highest BCUT2D eigenvalue weighted by molar-refractivity contribution is 6.32. The van der Waals surface area contributed by atoms with Crippen LogP contribution < -0.4 is 5.73 Å². The Morgan fingerprint density at radius 1 is 1.62 bits per heavy atom. The van der Waals surface area contributed by atoms with Crippen LogP contribution in [0.3, 0.4) is 0 Å². The van der Waals surface area contributed by atoms with E-state index < -0.39 is 5.97 Å². The van der Waals surface area contributed by atoms with Gasteiger partial charge in [0, 0.05) is 6.54 Å².